The van der Waals surface area contributed by atoms with Crippen LogP contribution in [0.4, 0.5) is 0 Å². The van der Waals surface area contributed by atoms with Gasteiger partial charge in [-0.05, 0) is 37.1 Å². The van der Waals surface area contributed by atoms with Crippen LogP contribution in [0, 0.1) is 0 Å². The van der Waals surface area contributed by atoms with E-state index in [4.69, 9.17) is 9.47 Å². The van der Waals surface area contributed by atoms with Gasteiger partial charge in [0.15, 0.2) is 11.5 Å². The first-order chi connectivity index (χ1) is 7.34. The van der Waals surface area contributed by atoms with Gasteiger partial charge in [0, 0.05) is 10.5 Å². The van der Waals surface area contributed by atoms with E-state index < -0.39 is 0 Å². The monoisotopic (exact) mass is 305 g/mol. The van der Waals surface area contributed by atoms with Gasteiger partial charge in [0.05, 0.1) is 0 Å². The van der Waals surface area contributed by atoms with Gasteiger partial charge in [0.2, 0.25) is 6.79 Å². The van der Waals surface area contributed by atoms with Gasteiger partial charge < -0.3 is 14.8 Å². The third-order valence-electron chi connectivity index (χ3n) is 2.93. The molecule has 1 aromatic carbocycles. The summed E-state index contributed by atoms with van der Waals surface area (Å²) in [5.74, 6) is 1.70. The zero-order chi connectivity index (χ0) is 10.3. The molecule has 0 aliphatic carbocycles. The third kappa shape index (κ3) is 2.01. The molecule has 0 saturated carbocycles. The summed E-state index contributed by atoms with van der Waals surface area (Å²) >= 11 is 3.58. The van der Waals surface area contributed by atoms with Crippen molar-refractivity contribution in [2.24, 2.45) is 0 Å². The van der Waals surface area contributed by atoms with Gasteiger partial charge in [0.25, 0.3) is 0 Å². The zero-order valence-electron chi connectivity index (χ0n) is 8.66. The molecule has 1 aromatic rings. The van der Waals surface area contributed by atoms with Crippen molar-refractivity contribution in [2.45, 2.75) is 18.9 Å². The van der Waals surface area contributed by atoms with E-state index in [1.165, 1.54) is 18.4 Å². The smallest absolute Gasteiger partial charge is 0.231 e. The van der Waals surface area contributed by atoms with Gasteiger partial charge in [-0.15, -0.1) is 12.4 Å². The Labute approximate surface area is 109 Å². The highest BCUT2D eigenvalue weighted by Gasteiger charge is 2.23. The standard InChI is InChI=1S/C11H12BrNO2.ClH/c12-8-5-11-10(14-6-15-11)4-7(8)9-2-1-3-13-9;/h4-5,9,13H,1-3,6H2;1H/t9-;/m1./s1. The fourth-order valence-electron chi connectivity index (χ4n) is 2.15. The summed E-state index contributed by atoms with van der Waals surface area (Å²) in [4.78, 5) is 0. The van der Waals surface area contributed by atoms with E-state index in [2.05, 4.69) is 27.3 Å². The Morgan fingerprint density at radius 1 is 1.25 bits per heavy atom. The summed E-state index contributed by atoms with van der Waals surface area (Å²) in [6.45, 7) is 1.44. The minimum Gasteiger partial charge on any atom is -0.454 e. The molecule has 0 aromatic heterocycles. The molecule has 16 heavy (non-hydrogen) atoms. The second-order valence-corrected chi connectivity index (χ2v) is 4.73. The molecule has 2 aliphatic heterocycles. The summed E-state index contributed by atoms with van der Waals surface area (Å²) in [7, 11) is 0. The maximum atomic E-state index is 5.38. The summed E-state index contributed by atoms with van der Waals surface area (Å²) in [6.07, 6.45) is 2.43. The molecule has 2 heterocycles. The lowest BCUT2D eigenvalue weighted by molar-refractivity contribution is 0.174. The molecule has 0 spiro atoms. The van der Waals surface area contributed by atoms with Crippen molar-refractivity contribution in [1.82, 2.24) is 5.32 Å². The fraction of sp³-hybridized carbons (Fsp3) is 0.455. The molecule has 1 atom stereocenters. The van der Waals surface area contributed by atoms with E-state index in [1.54, 1.807) is 0 Å². The van der Waals surface area contributed by atoms with E-state index in [9.17, 15) is 0 Å². The maximum absolute atomic E-state index is 5.38. The molecule has 1 fully saturated rings. The Balaban J connectivity index is 0.000000963. The summed E-state index contributed by atoms with van der Waals surface area (Å²) < 4.78 is 11.8. The first-order valence-corrected chi connectivity index (χ1v) is 5.96. The van der Waals surface area contributed by atoms with Gasteiger partial charge >= 0.3 is 0 Å². The van der Waals surface area contributed by atoms with Crippen molar-refractivity contribution in [1.29, 1.82) is 0 Å². The normalized spacial score (nSPS) is 21.9. The molecule has 0 amide bonds. The summed E-state index contributed by atoms with van der Waals surface area (Å²) in [6, 6.07) is 4.53. The maximum Gasteiger partial charge on any atom is 0.231 e. The molecule has 1 saturated heterocycles. The second kappa shape index (κ2) is 4.82. The van der Waals surface area contributed by atoms with Gasteiger partial charge in [-0.1, -0.05) is 15.9 Å². The minimum atomic E-state index is 0. The van der Waals surface area contributed by atoms with Crippen molar-refractivity contribution < 1.29 is 9.47 Å². The lowest BCUT2D eigenvalue weighted by Gasteiger charge is -2.13. The number of benzene rings is 1. The predicted molar refractivity (Wildman–Crippen MR) is 67.5 cm³/mol. The summed E-state index contributed by atoms with van der Waals surface area (Å²) in [5.41, 5.74) is 1.27. The van der Waals surface area contributed by atoms with Crippen LogP contribution in [0.3, 0.4) is 0 Å². The Bertz CT molecular complexity index is 394. The highest BCUT2D eigenvalue weighted by molar-refractivity contribution is 9.10. The van der Waals surface area contributed by atoms with E-state index in [-0.39, 0.29) is 12.4 Å². The lowest BCUT2D eigenvalue weighted by atomic mass is 10.0. The molecular formula is C11H13BrClNO2. The molecule has 5 heteroatoms. The summed E-state index contributed by atoms with van der Waals surface area (Å²) in [5, 5.41) is 3.48. The SMILES string of the molecule is Brc1cc2c(cc1[C@H]1CCCN1)OCO2.Cl. The first-order valence-electron chi connectivity index (χ1n) is 5.17. The first kappa shape index (κ1) is 12.0. The van der Waals surface area contributed by atoms with Crippen molar-refractivity contribution in [3.63, 3.8) is 0 Å². The molecule has 2 aliphatic rings. The van der Waals surface area contributed by atoms with Crippen LogP contribution in [0.5, 0.6) is 11.5 Å². The minimum absolute atomic E-state index is 0. The molecule has 0 radical (unpaired) electrons. The Kier molecular flexibility index (Phi) is 3.62. The van der Waals surface area contributed by atoms with Crippen LogP contribution in [-0.4, -0.2) is 13.3 Å². The van der Waals surface area contributed by atoms with Crippen LogP contribution >= 0.6 is 28.3 Å². The van der Waals surface area contributed by atoms with E-state index >= 15 is 0 Å². The van der Waals surface area contributed by atoms with Gasteiger partial charge in [-0.3, -0.25) is 0 Å². The average molecular weight is 307 g/mol. The zero-order valence-corrected chi connectivity index (χ0v) is 11.1. The van der Waals surface area contributed by atoms with Crippen LogP contribution in [0.15, 0.2) is 16.6 Å². The third-order valence-corrected chi connectivity index (χ3v) is 3.61. The second-order valence-electron chi connectivity index (χ2n) is 3.88. The van der Waals surface area contributed by atoms with Crippen molar-refractivity contribution in [2.75, 3.05) is 13.3 Å². The largest absolute Gasteiger partial charge is 0.454 e. The van der Waals surface area contributed by atoms with Crippen LogP contribution < -0.4 is 14.8 Å². The average Bonchev–Trinajstić information content (AvgIpc) is 2.85. The quantitative estimate of drug-likeness (QED) is 0.865. The van der Waals surface area contributed by atoms with Gasteiger partial charge in [-0.25, -0.2) is 0 Å². The molecule has 1 N–H and O–H groups in total. The number of rotatable bonds is 1. The highest BCUT2D eigenvalue weighted by Crippen LogP contribution is 2.40. The lowest BCUT2D eigenvalue weighted by Crippen LogP contribution is -2.13. The number of halogens is 2. The van der Waals surface area contributed by atoms with Crippen LogP contribution in [0.1, 0.15) is 24.4 Å². The van der Waals surface area contributed by atoms with Crippen LogP contribution in [0.2, 0.25) is 0 Å². The Morgan fingerprint density at radius 3 is 2.69 bits per heavy atom. The molecule has 3 rings (SSSR count). The molecule has 0 bridgehead atoms. The van der Waals surface area contributed by atoms with Crippen molar-refractivity contribution >= 4 is 28.3 Å². The molecule has 3 nitrogen and oxygen atoms in total. The fourth-order valence-corrected chi connectivity index (χ4v) is 2.75. The van der Waals surface area contributed by atoms with Crippen LogP contribution in [-0.2, 0) is 0 Å². The number of hydrogen-bond acceptors (Lipinski definition) is 3. The number of hydrogen-bond donors (Lipinski definition) is 1. The molecular weight excluding hydrogens is 293 g/mol. The topological polar surface area (TPSA) is 30.5 Å². The van der Waals surface area contributed by atoms with Crippen LogP contribution in [0.25, 0.3) is 0 Å². The predicted octanol–water partition coefficient (Wildman–Crippen LogP) is 3.02. The number of fused-ring (bicyclic) bond motifs is 1. The Hall–Kier alpha value is -0.450. The van der Waals surface area contributed by atoms with E-state index in [0.29, 0.717) is 12.8 Å². The van der Waals surface area contributed by atoms with Gasteiger partial charge in [0.1, 0.15) is 0 Å². The van der Waals surface area contributed by atoms with Gasteiger partial charge in [-0.2, -0.15) is 0 Å². The Morgan fingerprint density at radius 2 is 2.00 bits per heavy atom. The molecule has 0 unspecified atom stereocenters. The highest BCUT2D eigenvalue weighted by atomic mass is 79.9. The van der Waals surface area contributed by atoms with E-state index in [1.807, 2.05) is 6.07 Å². The van der Waals surface area contributed by atoms with Crippen molar-refractivity contribution in [3.05, 3.63) is 22.2 Å². The number of nitrogens with one attached hydrogen (secondary N) is 1. The van der Waals surface area contributed by atoms with E-state index in [0.717, 1.165) is 22.5 Å². The molecule has 88 valence electrons. The number of ether oxygens (including phenoxy) is 2. The van der Waals surface area contributed by atoms with Crippen molar-refractivity contribution in [3.8, 4) is 11.5 Å².